The van der Waals surface area contributed by atoms with E-state index in [4.69, 9.17) is 26.3 Å². The molecule has 2 aromatic carbocycles. The Morgan fingerprint density at radius 2 is 1.91 bits per heavy atom. The summed E-state index contributed by atoms with van der Waals surface area (Å²) in [7, 11) is 0. The van der Waals surface area contributed by atoms with Gasteiger partial charge in [0.2, 0.25) is 0 Å². The van der Waals surface area contributed by atoms with E-state index in [1.165, 1.54) is 6.92 Å². The first-order chi connectivity index (χ1) is 16.4. The zero-order chi connectivity index (χ0) is 24.5. The Hall–Kier alpha value is -2.49. The SMILES string of the molecule is CC(=O)OCC(OO)C(=O)C(O)CCc1ccc(Cl)c(Cc2ccc(OC3CCOC3)cc2)c1. The van der Waals surface area contributed by atoms with Crippen LogP contribution in [0.2, 0.25) is 5.02 Å². The lowest BCUT2D eigenvalue weighted by molar-refractivity contribution is -0.279. The normalized spacial score (nSPS) is 17.2. The Bertz CT molecular complexity index is 956. The Balaban J connectivity index is 1.55. The third-order valence-electron chi connectivity index (χ3n) is 5.54. The van der Waals surface area contributed by atoms with Crippen LogP contribution in [0.1, 0.15) is 36.5 Å². The van der Waals surface area contributed by atoms with Gasteiger partial charge >= 0.3 is 5.97 Å². The predicted molar refractivity (Wildman–Crippen MR) is 124 cm³/mol. The molecule has 0 aliphatic carbocycles. The number of Topliss-reactive ketones (excluding diaryl/α,β-unsaturated/α-hetero) is 1. The van der Waals surface area contributed by atoms with E-state index in [-0.39, 0.29) is 12.5 Å². The maximum Gasteiger partial charge on any atom is 0.302 e. The molecule has 1 fully saturated rings. The third-order valence-corrected chi connectivity index (χ3v) is 5.90. The van der Waals surface area contributed by atoms with Crippen LogP contribution in [0, 0.1) is 0 Å². The van der Waals surface area contributed by atoms with Crippen molar-refractivity contribution in [1.29, 1.82) is 0 Å². The lowest BCUT2D eigenvalue weighted by atomic mass is 9.98. The fraction of sp³-hybridized carbons (Fsp3) is 0.440. The molecule has 2 N–H and O–H groups in total. The van der Waals surface area contributed by atoms with Crippen molar-refractivity contribution in [2.45, 2.75) is 50.9 Å². The molecule has 0 aromatic heterocycles. The van der Waals surface area contributed by atoms with Crippen LogP contribution in [0.15, 0.2) is 42.5 Å². The molecule has 0 radical (unpaired) electrons. The molecule has 2 aromatic rings. The van der Waals surface area contributed by atoms with E-state index in [0.29, 0.717) is 24.5 Å². The molecule has 34 heavy (non-hydrogen) atoms. The second kappa shape index (κ2) is 12.8. The molecule has 184 valence electrons. The zero-order valence-corrected chi connectivity index (χ0v) is 19.7. The highest BCUT2D eigenvalue weighted by molar-refractivity contribution is 6.31. The molecule has 1 heterocycles. The highest BCUT2D eigenvalue weighted by Crippen LogP contribution is 2.24. The van der Waals surface area contributed by atoms with Gasteiger partial charge in [-0.3, -0.25) is 14.8 Å². The molecule has 1 aliphatic rings. The van der Waals surface area contributed by atoms with Crippen LogP contribution in [-0.4, -0.2) is 60.2 Å². The van der Waals surface area contributed by atoms with Gasteiger partial charge in [0.1, 0.15) is 24.6 Å². The molecule has 3 atom stereocenters. The molecular weight excluding hydrogens is 464 g/mol. The summed E-state index contributed by atoms with van der Waals surface area (Å²) in [5.41, 5.74) is 2.89. The largest absolute Gasteiger partial charge is 0.488 e. The van der Waals surface area contributed by atoms with E-state index in [9.17, 15) is 14.7 Å². The van der Waals surface area contributed by atoms with Crippen molar-refractivity contribution in [2.75, 3.05) is 19.8 Å². The number of hydrogen-bond donors (Lipinski definition) is 2. The summed E-state index contributed by atoms with van der Waals surface area (Å²) < 4.78 is 15.9. The number of carbonyl (C=O) groups excluding carboxylic acids is 2. The first-order valence-corrected chi connectivity index (χ1v) is 11.5. The Morgan fingerprint density at radius 3 is 2.56 bits per heavy atom. The minimum atomic E-state index is -1.44. The summed E-state index contributed by atoms with van der Waals surface area (Å²) in [6.07, 6.45) is -0.707. The van der Waals surface area contributed by atoms with E-state index >= 15 is 0 Å². The smallest absolute Gasteiger partial charge is 0.302 e. The fourth-order valence-corrected chi connectivity index (χ4v) is 3.83. The molecule has 3 unspecified atom stereocenters. The van der Waals surface area contributed by atoms with Gasteiger partial charge in [-0.15, -0.1) is 0 Å². The molecular formula is C25H29ClO8. The van der Waals surface area contributed by atoms with Crippen LogP contribution in [0.5, 0.6) is 5.75 Å². The average Bonchev–Trinajstić information content (AvgIpc) is 3.33. The number of hydrogen-bond acceptors (Lipinski definition) is 8. The second-order valence-corrected chi connectivity index (χ2v) is 8.61. The summed E-state index contributed by atoms with van der Waals surface area (Å²) in [5.74, 6) is -0.579. The molecule has 0 bridgehead atoms. The van der Waals surface area contributed by atoms with Crippen molar-refractivity contribution in [1.82, 2.24) is 0 Å². The molecule has 0 amide bonds. The van der Waals surface area contributed by atoms with E-state index in [0.717, 1.165) is 35.5 Å². The van der Waals surface area contributed by atoms with Gasteiger partial charge in [0.25, 0.3) is 0 Å². The number of benzene rings is 2. The van der Waals surface area contributed by atoms with E-state index < -0.39 is 30.6 Å². The highest BCUT2D eigenvalue weighted by atomic mass is 35.5. The van der Waals surface area contributed by atoms with Crippen LogP contribution in [0.3, 0.4) is 0 Å². The monoisotopic (exact) mass is 492 g/mol. The van der Waals surface area contributed by atoms with E-state index in [1.54, 1.807) is 6.07 Å². The number of esters is 1. The van der Waals surface area contributed by atoms with Crippen molar-refractivity contribution in [3.8, 4) is 5.75 Å². The number of ketones is 1. The maximum absolute atomic E-state index is 12.2. The standard InChI is InChI=1S/C25H29ClO8/c1-16(27)32-15-24(34-30)25(29)23(28)9-5-18-4-8-22(26)19(13-18)12-17-2-6-20(7-3-17)33-21-10-11-31-14-21/h2-4,6-8,13,21,23-24,28,30H,5,9-12,14-15H2,1H3. The number of aliphatic hydroxyl groups excluding tert-OH is 1. The Labute approximate surface area is 203 Å². The Kier molecular flexibility index (Phi) is 9.86. The van der Waals surface area contributed by atoms with Gasteiger partial charge in [0.15, 0.2) is 11.9 Å². The first kappa shape index (κ1) is 26.1. The highest BCUT2D eigenvalue weighted by Gasteiger charge is 2.27. The molecule has 9 heteroatoms. The van der Waals surface area contributed by atoms with Crippen molar-refractivity contribution in [3.63, 3.8) is 0 Å². The number of aryl methyl sites for hydroxylation is 1. The summed E-state index contributed by atoms with van der Waals surface area (Å²) in [5, 5.41) is 19.7. The van der Waals surface area contributed by atoms with E-state index in [1.807, 2.05) is 36.4 Å². The topological polar surface area (TPSA) is 112 Å². The molecule has 0 spiro atoms. The van der Waals surface area contributed by atoms with Crippen LogP contribution in [-0.2, 0) is 36.8 Å². The van der Waals surface area contributed by atoms with Crippen molar-refractivity contribution in [2.24, 2.45) is 0 Å². The van der Waals surface area contributed by atoms with Crippen LogP contribution < -0.4 is 4.74 Å². The number of carbonyl (C=O) groups is 2. The zero-order valence-electron chi connectivity index (χ0n) is 18.9. The minimum Gasteiger partial charge on any atom is -0.488 e. The van der Waals surface area contributed by atoms with Crippen molar-refractivity contribution in [3.05, 3.63) is 64.2 Å². The van der Waals surface area contributed by atoms with Crippen molar-refractivity contribution < 1.29 is 39.1 Å². The molecule has 1 saturated heterocycles. The quantitative estimate of drug-likeness (QED) is 0.263. The minimum absolute atomic E-state index is 0.0973. The molecule has 8 nitrogen and oxygen atoms in total. The average molecular weight is 493 g/mol. The molecule has 1 aliphatic heterocycles. The molecule has 3 rings (SSSR count). The lowest BCUT2D eigenvalue weighted by Gasteiger charge is -2.16. The van der Waals surface area contributed by atoms with Gasteiger partial charge in [-0.1, -0.05) is 35.9 Å². The van der Waals surface area contributed by atoms with Gasteiger partial charge in [-0.05, 0) is 54.2 Å². The number of rotatable bonds is 12. The van der Waals surface area contributed by atoms with Gasteiger partial charge < -0.3 is 19.3 Å². The summed E-state index contributed by atoms with van der Waals surface area (Å²) >= 11 is 6.40. The van der Waals surface area contributed by atoms with Gasteiger partial charge in [0.05, 0.1) is 13.2 Å². The summed E-state index contributed by atoms with van der Waals surface area (Å²) in [4.78, 5) is 27.2. The number of aliphatic hydroxyl groups is 1. The van der Waals surface area contributed by atoms with Crippen LogP contribution in [0.25, 0.3) is 0 Å². The van der Waals surface area contributed by atoms with Crippen molar-refractivity contribution >= 4 is 23.4 Å². The second-order valence-electron chi connectivity index (χ2n) is 8.20. The van der Waals surface area contributed by atoms with E-state index in [2.05, 4.69) is 9.62 Å². The molecule has 0 saturated carbocycles. The number of halogens is 1. The maximum atomic E-state index is 12.2. The summed E-state index contributed by atoms with van der Waals surface area (Å²) in [6.45, 7) is 2.05. The first-order valence-electron chi connectivity index (χ1n) is 11.1. The Morgan fingerprint density at radius 1 is 1.18 bits per heavy atom. The number of ether oxygens (including phenoxy) is 3. The van der Waals surface area contributed by atoms with Crippen LogP contribution in [0.4, 0.5) is 0 Å². The van der Waals surface area contributed by atoms with Gasteiger partial charge in [0, 0.05) is 18.4 Å². The van der Waals surface area contributed by atoms with Gasteiger partial charge in [-0.2, -0.15) is 0 Å². The van der Waals surface area contributed by atoms with Crippen LogP contribution >= 0.6 is 11.6 Å². The van der Waals surface area contributed by atoms with Gasteiger partial charge in [-0.25, -0.2) is 4.89 Å². The summed E-state index contributed by atoms with van der Waals surface area (Å²) in [6, 6.07) is 13.4. The fourth-order valence-electron chi connectivity index (χ4n) is 3.64. The predicted octanol–water partition coefficient (Wildman–Crippen LogP) is 3.38. The lowest BCUT2D eigenvalue weighted by Crippen LogP contribution is -2.37. The third kappa shape index (κ3) is 7.78.